The molecule has 0 aliphatic carbocycles. The third kappa shape index (κ3) is 4.62. The van der Waals surface area contributed by atoms with E-state index in [0.29, 0.717) is 16.4 Å². The number of benzene rings is 1. The molecule has 3 rings (SSSR count). The molecule has 0 spiro atoms. The molecule has 3 aromatic rings. The Morgan fingerprint density at radius 1 is 1.28 bits per heavy atom. The number of rotatable bonds is 5. The summed E-state index contributed by atoms with van der Waals surface area (Å²) in [7, 11) is 0. The van der Waals surface area contributed by atoms with Gasteiger partial charge in [0.1, 0.15) is 4.83 Å². The van der Waals surface area contributed by atoms with Crippen molar-refractivity contribution >= 4 is 45.0 Å². The SMILES string of the molecule is CCN(CC(=O)NC(C)(C)C)C(=O)c1cc2c(C)nn(-c3ccccc3Cl)c2s1. The standard InChI is InChI=1S/C21H25ClN4O2S/c1-6-25(12-18(27)23-21(3,4)5)19(28)17-11-14-13(2)24-26(20(14)29-17)16-10-8-7-9-15(16)22/h7-11H,6,12H2,1-5H3,(H,23,27). The van der Waals surface area contributed by atoms with Gasteiger partial charge in [-0.25, -0.2) is 4.68 Å². The molecule has 2 amide bonds. The Bertz CT molecular complexity index is 1060. The van der Waals surface area contributed by atoms with Gasteiger partial charge >= 0.3 is 0 Å². The van der Waals surface area contributed by atoms with Crippen LogP contribution in [-0.2, 0) is 4.79 Å². The van der Waals surface area contributed by atoms with Crippen LogP contribution in [0.1, 0.15) is 43.1 Å². The van der Waals surface area contributed by atoms with Crippen LogP contribution in [0.15, 0.2) is 30.3 Å². The molecule has 8 heteroatoms. The quantitative estimate of drug-likeness (QED) is 0.648. The normalized spacial score (nSPS) is 11.7. The molecule has 6 nitrogen and oxygen atoms in total. The van der Waals surface area contributed by atoms with E-state index < -0.39 is 0 Å². The van der Waals surface area contributed by atoms with Crippen LogP contribution >= 0.6 is 22.9 Å². The fraction of sp³-hybridized carbons (Fsp3) is 0.381. The van der Waals surface area contributed by atoms with E-state index in [1.807, 2.05) is 65.0 Å². The summed E-state index contributed by atoms with van der Waals surface area (Å²) in [6.45, 7) is 9.99. The number of hydrogen-bond donors (Lipinski definition) is 1. The van der Waals surface area contributed by atoms with Crippen LogP contribution in [0.25, 0.3) is 15.9 Å². The van der Waals surface area contributed by atoms with Gasteiger partial charge in [-0.15, -0.1) is 11.3 Å². The maximum atomic E-state index is 13.1. The van der Waals surface area contributed by atoms with Crippen LogP contribution in [0, 0.1) is 6.92 Å². The summed E-state index contributed by atoms with van der Waals surface area (Å²) in [4.78, 5) is 28.3. The molecule has 0 aliphatic heterocycles. The summed E-state index contributed by atoms with van der Waals surface area (Å²) < 4.78 is 1.77. The fourth-order valence-electron chi connectivity index (χ4n) is 3.05. The largest absolute Gasteiger partial charge is 0.350 e. The van der Waals surface area contributed by atoms with Gasteiger partial charge in [0.15, 0.2) is 0 Å². The molecule has 0 atom stereocenters. The molecule has 0 saturated carbocycles. The Balaban J connectivity index is 1.92. The highest BCUT2D eigenvalue weighted by Gasteiger charge is 2.24. The highest BCUT2D eigenvalue weighted by Crippen LogP contribution is 2.32. The van der Waals surface area contributed by atoms with Crippen LogP contribution in [0.3, 0.4) is 0 Å². The van der Waals surface area contributed by atoms with E-state index in [2.05, 4.69) is 10.4 Å². The molecule has 1 aromatic carbocycles. The number of hydrogen-bond acceptors (Lipinski definition) is 4. The minimum absolute atomic E-state index is 0.0243. The zero-order chi connectivity index (χ0) is 21.3. The number of carbonyl (C=O) groups excluding carboxylic acids is 2. The number of aromatic nitrogens is 2. The first-order chi connectivity index (χ1) is 13.6. The molecule has 154 valence electrons. The monoisotopic (exact) mass is 432 g/mol. The lowest BCUT2D eigenvalue weighted by Gasteiger charge is -2.24. The number of fused-ring (bicyclic) bond motifs is 1. The second-order valence-electron chi connectivity index (χ2n) is 7.90. The first-order valence-electron chi connectivity index (χ1n) is 9.45. The molecular weight excluding hydrogens is 408 g/mol. The summed E-state index contributed by atoms with van der Waals surface area (Å²) >= 11 is 7.70. The van der Waals surface area contributed by atoms with Crippen molar-refractivity contribution in [2.24, 2.45) is 0 Å². The number of carbonyl (C=O) groups is 2. The minimum atomic E-state index is -0.341. The molecule has 0 fully saturated rings. The predicted octanol–water partition coefficient (Wildman–Crippen LogP) is 4.43. The second-order valence-corrected chi connectivity index (χ2v) is 9.33. The summed E-state index contributed by atoms with van der Waals surface area (Å²) in [6.07, 6.45) is 0. The van der Waals surface area contributed by atoms with E-state index in [0.717, 1.165) is 21.6 Å². The smallest absolute Gasteiger partial charge is 0.264 e. The maximum Gasteiger partial charge on any atom is 0.264 e. The molecule has 1 N–H and O–H groups in total. The van der Waals surface area contributed by atoms with Gasteiger partial charge in [0.25, 0.3) is 5.91 Å². The fourth-order valence-corrected chi connectivity index (χ4v) is 4.41. The maximum absolute atomic E-state index is 13.1. The van der Waals surface area contributed by atoms with E-state index >= 15 is 0 Å². The Morgan fingerprint density at radius 2 is 1.97 bits per heavy atom. The number of likely N-dealkylation sites (N-methyl/N-ethyl adjacent to an activating group) is 1. The first kappa shape index (κ1) is 21.3. The number of amides is 2. The van der Waals surface area contributed by atoms with Gasteiger partial charge < -0.3 is 10.2 Å². The van der Waals surface area contributed by atoms with E-state index in [1.54, 1.807) is 9.58 Å². The van der Waals surface area contributed by atoms with Crippen molar-refractivity contribution in [1.82, 2.24) is 20.0 Å². The van der Waals surface area contributed by atoms with E-state index in [4.69, 9.17) is 11.6 Å². The Kier molecular flexibility index (Phi) is 6.00. The molecule has 2 aromatic heterocycles. The lowest BCUT2D eigenvalue weighted by atomic mass is 10.1. The van der Waals surface area contributed by atoms with Gasteiger partial charge in [-0.2, -0.15) is 5.10 Å². The van der Waals surface area contributed by atoms with Gasteiger partial charge in [-0.1, -0.05) is 23.7 Å². The van der Waals surface area contributed by atoms with Gasteiger partial charge in [-0.05, 0) is 52.8 Å². The second kappa shape index (κ2) is 8.16. The number of aryl methyl sites for hydroxylation is 1. The average Bonchev–Trinajstić information content (AvgIpc) is 3.19. The van der Waals surface area contributed by atoms with Crippen molar-refractivity contribution in [3.63, 3.8) is 0 Å². The Hall–Kier alpha value is -2.38. The zero-order valence-electron chi connectivity index (χ0n) is 17.2. The van der Waals surface area contributed by atoms with Crippen LogP contribution in [-0.4, -0.2) is 45.1 Å². The lowest BCUT2D eigenvalue weighted by Crippen LogP contribution is -2.47. The van der Waals surface area contributed by atoms with Crippen LogP contribution in [0.5, 0.6) is 0 Å². The highest BCUT2D eigenvalue weighted by atomic mass is 35.5. The Labute approximate surface area is 179 Å². The molecule has 0 unspecified atom stereocenters. The molecule has 0 saturated heterocycles. The summed E-state index contributed by atoms with van der Waals surface area (Å²) in [6, 6.07) is 9.32. The Morgan fingerprint density at radius 3 is 2.59 bits per heavy atom. The number of nitrogens with one attached hydrogen (secondary N) is 1. The van der Waals surface area contributed by atoms with Crippen LogP contribution in [0.4, 0.5) is 0 Å². The van der Waals surface area contributed by atoms with Crippen molar-refractivity contribution in [3.8, 4) is 5.69 Å². The summed E-state index contributed by atoms with van der Waals surface area (Å²) in [5.41, 5.74) is 1.25. The predicted molar refractivity (Wildman–Crippen MR) is 118 cm³/mol. The van der Waals surface area contributed by atoms with E-state index in [-0.39, 0.29) is 23.9 Å². The van der Waals surface area contributed by atoms with Gasteiger partial charge in [0.2, 0.25) is 5.91 Å². The molecule has 29 heavy (non-hydrogen) atoms. The average molecular weight is 433 g/mol. The zero-order valence-corrected chi connectivity index (χ0v) is 18.8. The minimum Gasteiger partial charge on any atom is -0.350 e. The number of para-hydroxylation sites is 1. The third-order valence-corrected chi connectivity index (χ3v) is 5.77. The van der Waals surface area contributed by atoms with Gasteiger partial charge in [0, 0.05) is 17.5 Å². The van der Waals surface area contributed by atoms with Gasteiger partial charge in [-0.3, -0.25) is 9.59 Å². The van der Waals surface area contributed by atoms with E-state index in [9.17, 15) is 9.59 Å². The van der Waals surface area contributed by atoms with Crippen LogP contribution in [0.2, 0.25) is 5.02 Å². The topological polar surface area (TPSA) is 67.2 Å². The first-order valence-corrected chi connectivity index (χ1v) is 10.6. The highest BCUT2D eigenvalue weighted by molar-refractivity contribution is 7.20. The number of halogens is 1. The molecule has 2 heterocycles. The van der Waals surface area contributed by atoms with Crippen LogP contribution < -0.4 is 5.32 Å². The molecule has 0 aliphatic rings. The molecule has 0 radical (unpaired) electrons. The van der Waals surface area contributed by atoms with Crippen molar-refractivity contribution in [1.29, 1.82) is 0 Å². The van der Waals surface area contributed by atoms with Crippen molar-refractivity contribution in [2.75, 3.05) is 13.1 Å². The number of thiophene rings is 1. The van der Waals surface area contributed by atoms with Crippen molar-refractivity contribution in [2.45, 2.75) is 40.2 Å². The van der Waals surface area contributed by atoms with Crippen molar-refractivity contribution < 1.29 is 9.59 Å². The van der Waals surface area contributed by atoms with Crippen molar-refractivity contribution in [3.05, 3.63) is 45.9 Å². The third-order valence-electron chi connectivity index (χ3n) is 4.35. The van der Waals surface area contributed by atoms with Gasteiger partial charge in [0.05, 0.1) is 27.8 Å². The summed E-state index contributed by atoms with van der Waals surface area (Å²) in [5.74, 6) is -0.338. The lowest BCUT2D eigenvalue weighted by molar-refractivity contribution is -0.123. The number of nitrogens with zero attached hydrogens (tertiary/aromatic N) is 3. The molecule has 0 bridgehead atoms. The molecular formula is C21H25ClN4O2S. The summed E-state index contributed by atoms with van der Waals surface area (Å²) in [5, 5.41) is 8.99. The van der Waals surface area contributed by atoms with E-state index in [1.165, 1.54) is 11.3 Å².